The zero-order chi connectivity index (χ0) is 12.6. The number of nitrogens with zero attached hydrogens (tertiary/aromatic N) is 1. The summed E-state index contributed by atoms with van der Waals surface area (Å²) in [5.74, 6) is 0.351. The first-order chi connectivity index (χ1) is 8.71. The summed E-state index contributed by atoms with van der Waals surface area (Å²) in [6.07, 6.45) is 6.30. The lowest BCUT2D eigenvalue weighted by Crippen LogP contribution is -2.34. The topological polar surface area (TPSA) is 20.3 Å². The maximum absolute atomic E-state index is 12.4. The molecule has 1 aromatic rings. The lowest BCUT2D eigenvalue weighted by atomic mass is 9.71. The average molecular weight is 241 g/mol. The molecule has 1 unspecified atom stereocenters. The molecule has 0 N–H and O–H groups in total. The minimum absolute atomic E-state index is 0.103. The summed E-state index contributed by atoms with van der Waals surface area (Å²) in [7, 11) is 1.93. The summed E-state index contributed by atoms with van der Waals surface area (Å²) in [6, 6.07) is 10.5. The number of amides is 1. The predicted molar refractivity (Wildman–Crippen MR) is 73.0 cm³/mol. The van der Waals surface area contributed by atoms with Crippen molar-refractivity contribution in [1.82, 2.24) is 4.90 Å². The molecule has 18 heavy (non-hydrogen) atoms. The van der Waals surface area contributed by atoms with Crippen molar-refractivity contribution in [3.05, 3.63) is 42.0 Å². The second-order valence-electron chi connectivity index (χ2n) is 5.57. The SMILES string of the molecule is CN1CCC2(CCC=C(c3ccccc3)C2)C1=O. The Morgan fingerprint density at radius 3 is 2.61 bits per heavy atom. The van der Waals surface area contributed by atoms with Crippen molar-refractivity contribution in [3.8, 4) is 0 Å². The fourth-order valence-electron chi connectivity index (χ4n) is 3.31. The Kier molecular flexibility index (Phi) is 2.73. The van der Waals surface area contributed by atoms with Crippen LogP contribution in [0, 0.1) is 5.41 Å². The third kappa shape index (κ3) is 1.76. The average Bonchev–Trinajstić information content (AvgIpc) is 2.69. The maximum atomic E-state index is 12.4. The minimum Gasteiger partial charge on any atom is -0.345 e. The zero-order valence-corrected chi connectivity index (χ0v) is 10.9. The molecular weight excluding hydrogens is 222 g/mol. The molecule has 0 bridgehead atoms. The third-order valence-electron chi connectivity index (χ3n) is 4.41. The van der Waals surface area contributed by atoms with Crippen molar-refractivity contribution in [2.24, 2.45) is 5.41 Å². The van der Waals surface area contributed by atoms with Crippen LogP contribution in [0.15, 0.2) is 36.4 Å². The molecule has 1 heterocycles. The summed E-state index contributed by atoms with van der Waals surface area (Å²) in [5.41, 5.74) is 2.53. The Morgan fingerprint density at radius 1 is 1.17 bits per heavy atom. The number of hydrogen-bond donors (Lipinski definition) is 0. The summed E-state index contributed by atoms with van der Waals surface area (Å²) in [4.78, 5) is 14.3. The second-order valence-corrected chi connectivity index (χ2v) is 5.57. The largest absolute Gasteiger partial charge is 0.345 e. The van der Waals surface area contributed by atoms with Crippen molar-refractivity contribution in [2.45, 2.75) is 25.7 Å². The van der Waals surface area contributed by atoms with E-state index in [2.05, 4.69) is 30.3 Å². The molecule has 0 saturated carbocycles. The van der Waals surface area contributed by atoms with Crippen LogP contribution < -0.4 is 0 Å². The van der Waals surface area contributed by atoms with E-state index in [1.54, 1.807) is 0 Å². The Hall–Kier alpha value is -1.57. The van der Waals surface area contributed by atoms with E-state index < -0.39 is 0 Å². The number of carbonyl (C=O) groups is 1. The molecule has 2 heteroatoms. The molecule has 3 rings (SSSR count). The summed E-state index contributed by atoms with van der Waals surface area (Å²) in [6.45, 7) is 0.918. The van der Waals surface area contributed by atoms with E-state index in [-0.39, 0.29) is 5.41 Å². The van der Waals surface area contributed by atoms with Crippen LogP contribution in [0.1, 0.15) is 31.2 Å². The summed E-state index contributed by atoms with van der Waals surface area (Å²) < 4.78 is 0. The Bertz CT molecular complexity index is 491. The highest BCUT2D eigenvalue weighted by molar-refractivity contribution is 5.87. The van der Waals surface area contributed by atoms with Crippen LogP contribution in [-0.2, 0) is 4.79 Å². The van der Waals surface area contributed by atoms with Crippen LogP contribution in [0.5, 0.6) is 0 Å². The van der Waals surface area contributed by atoms with Gasteiger partial charge in [0.25, 0.3) is 0 Å². The first kappa shape index (κ1) is 11.5. The van der Waals surface area contributed by atoms with Crippen molar-refractivity contribution in [1.29, 1.82) is 0 Å². The maximum Gasteiger partial charge on any atom is 0.228 e. The van der Waals surface area contributed by atoms with Crippen molar-refractivity contribution >= 4 is 11.5 Å². The second kappa shape index (κ2) is 4.27. The van der Waals surface area contributed by atoms with E-state index in [0.29, 0.717) is 5.91 Å². The Morgan fingerprint density at radius 2 is 1.94 bits per heavy atom. The van der Waals surface area contributed by atoms with Gasteiger partial charge in [-0.25, -0.2) is 0 Å². The van der Waals surface area contributed by atoms with Crippen LogP contribution in [0.3, 0.4) is 0 Å². The third-order valence-corrected chi connectivity index (χ3v) is 4.41. The van der Waals surface area contributed by atoms with Crippen LogP contribution in [0.4, 0.5) is 0 Å². The van der Waals surface area contributed by atoms with Crippen molar-refractivity contribution in [2.75, 3.05) is 13.6 Å². The predicted octanol–water partition coefficient (Wildman–Crippen LogP) is 3.10. The van der Waals surface area contributed by atoms with E-state index in [0.717, 1.165) is 32.2 Å². The first-order valence-electron chi connectivity index (χ1n) is 6.71. The molecule has 2 aliphatic rings. The van der Waals surface area contributed by atoms with Gasteiger partial charge in [0.1, 0.15) is 0 Å². The van der Waals surface area contributed by atoms with Crippen LogP contribution in [0.25, 0.3) is 5.57 Å². The molecule has 1 atom stereocenters. The number of hydrogen-bond acceptors (Lipinski definition) is 1. The van der Waals surface area contributed by atoms with Crippen LogP contribution in [0.2, 0.25) is 0 Å². The fourth-order valence-corrected chi connectivity index (χ4v) is 3.31. The van der Waals surface area contributed by atoms with Gasteiger partial charge in [0.2, 0.25) is 5.91 Å². The van der Waals surface area contributed by atoms with Gasteiger partial charge in [-0.1, -0.05) is 36.4 Å². The van der Waals surface area contributed by atoms with Gasteiger partial charge in [-0.15, -0.1) is 0 Å². The van der Waals surface area contributed by atoms with Gasteiger partial charge in [0.05, 0.1) is 5.41 Å². The highest BCUT2D eigenvalue weighted by Crippen LogP contribution is 2.46. The zero-order valence-electron chi connectivity index (χ0n) is 10.9. The van der Waals surface area contributed by atoms with Crippen LogP contribution in [-0.4, -0.2) is 24.4 Å². The van der Waals surface area contributed by atoms with E-state index in [9.17, 15) is 4.79 Å². The molecule has 0 radical (unpaired) electrons. The van der Waals surface area contributed by atoms with Crippen LogP contribution >= 0.6 is 0 Å². The molecule has 2 nitrogen and oxygen atoms in total. The Balaban J connectivity index is 1.89. The normalized spacial score (nSPS) is 27.7. The number of allylic oxidation sites excluding steroid dienone is 2. The van der Waals surface area contributed by atoms with Gasteiger partial charge in [0.15, 0.2) is 0 Å². The molecule has 1 amide bonds. The number of likely N-dealkylation sites (tertiary alicyclic amines) is 1. The molecule has 1 spiro atoms. The van der Waals surface area contributed by atoms with E-state index in [1.165, 1.54) is 11.1 Å². The quantitative estimate of drug-likeness (QED) is 0.740. The molecule has 1 aliphatic carbocycles. The van der Waals surface area contributed by atoms with Crippen molar-refractivity contribution < 1.29 is 4.79 Å². The minimum atomic E-state index is -0.103. The summed E-state index contributed by atoms with van der Waals surface area (Å²) in [5, 5.41) is 0. The van der Waals surface area contributed by atoms with Gasteiger partial charge < -0.3 is 4.90 Å². The first-order valence-corrected chi connectivity index (χ1v) is 6.71. The number of rotatable bonds is 1. The van der Waals surface area contributed by atoms with E-state index in [4.69, 9.17) is 0 Å². The standard InChI is InChI=1S/C16H19NO/c1-17-11-10-16(15(17)18)9-5-8-14(12-16)13-6-3-2-4-7-13/h2-4,6-8H,5,9-12H2,1H3. The Labute approximate surface area is 108 Å². The smallest absolute Gasteiger partial charge is 0.228 e. The molecule has 94 valence electrons. The number of benzene rings is 1. The lowest BCUT2D eigenvalue weighted by Gasteiger charge is -2.31. The van der Waals surface area contributed by atoms with Gasteiger partial charge in [0, 0.05) is 13.6 Å². The van der Waals surface area contributed by atoms with E-state index in [1.807, 2.05) is 18.0 Å². The lowest BCUT2D eigenvalue weighted by molar-refractivity contribution is -0.135. The van der Waals surface area contributed by atoms with Crippen molar-refractivity contribution in [3.63, 3.8) is 0 Å². The monoisotopic (exact) mass is 241 g/mol. The molecule has 0 aromatic heterocycles. The molecule has 1 aromatic carbocycles. The summed E-state index contributed by atoms with van der Waals surface area (Å²) >= 11 is 0. The molecule has 1 saturated heterocycles. The van der Waals surface area contributed by atoms with Gasteiger partial charge in [-0.05, 0) is 36.8 Å². The molecule has 1 fully saturated rings. The highest BCUT2D eigenvalue weighted by Gasteiger charge is 2.46. The molecule has 1 aliphatic heterocycles. The number of carbonyl (C=O) groups excluding carboxylic acids is 1. The van der Waals surface area contributed by atoms with E-state index >= 15 is 0 Å². The molecular formula is C16H19NO. The fraction of sp³-hybridized carbons (Fsp3) is 0.438. The van der Waals surface area contributed by atoms with Gasteiger partial charge in [-0.2, -0.15) is 0 Å². The van der Waals surface area contributed by atoms with Gasteiger partial charge in [-0.3, -0.25) is 4.79 Å². The van der Waals surface area contributed by atoms with Gasteiger partial charge >= 0.3 is 0 Å². The highest BCUT2D eigenvalue weighted by atomic mass is 16.2.